The number of pyridine rings is 1. The zero-order valence-corrected chi connectivity index (χ0v) is 11.7. The second kappa shape index (κ2) is 4.91. The van der Waals surface area contributed by atoms with Gasteiger partial charge in [0, 0.05) is 32.4 Å². The van der Waals surface area contributed by atoms with Crippen LogP contribution >= 0.6 is 0 Å². The Kier molecular flexibility index (Phi) is 3.46. The first-order valence-corrected chi connectivity index (χ1v) is 6.31. The van der Waals surface area contributed by atoms with Crippen LogP contribution in [-0.4, -0.2) is 34.6 Å². The molecule has 0 aliphatic rings. The number of fused-ring (bicyclic) bond motifs is 1. The van der Waals surface area contributed by atoms with Crippen molar-refractivity contribution in [3.8, 4) is 0 Å². The Morgan fingerprint density at radius 1 is 1.47 bits per heavy atom. The van der Waals surface area contributed by atoms with Crippen molar-refractivity contribution in [1.29, 1.82) is 0 Å². The molecule has 0 saturated carbocycles. The lowest BCUT2D eigenvalue weighted by Crippen LogP contribution is -2.09. The lowest BCUT2D eigenvalue weighted by Gasteiger charge is -2.13. The van der Waals surface area contributed by atoms with Gasteiger partial charge in [-0.15, -0.1) is 0 Å². The second-order valence-corrected chi connectivity index (χ2v) is 5.31. The lowest BCUT2D eigenvalue weighted by atomic mass is 10.1. The van der Waals surface area contributed by atoms with Crippen LogP contribution in [0.5, 0.6) is 0 Å². The van der Waals surface area contributed by atoms with E-state index in [4.69, 9.17) is 0 Å². The van der Waals surface area contributed by atoms with Gasteiger partial charge in [-0.3, -0.25) is 0 Å². The summed E-state index contributed by atoms with van der Waals surface area (Å²) in [4.78, 5) is 17.5. The molecule has 0 aliphatic carbocycles. The largest absolute Gasteiger partial charge is 0.476 e. The van der Waals surface area contributed by atoms with E-state index in [0.29, 0.717) is 11.4 Å². The SMILES string of the molecule is CC(C)Cc1nc(C(=O)O)c2cc(N(C)C)ccn12. The van der Waals surface area contributed by atoms with Gasteiger partial charge in [0.05, 0.1) is 5.52 Å². The highest BCUT2D eigenvalue weighted by atomic mass is 16.4. The molecule has 0 aliphatic heterocycles. The zero-order valence-electron chi connectivity index (χ0n) is 11.7. The number of aromatic carboxylic acids is 1. The van der Waals surface area contributed by atoms with Crippen molar-refractivity contribution in [1.82, 2.24) is 9.38 Å². The molecule has 0 aromatic carbocycles. The quantitative estimate of drug-likeness (QED) is 0.917. The molecule has 0 spiro atoms. The standard InChI is InChI=1S/C14H19N3O2/c1-9(2)7-12-15-13(14(18)19)11-8-10(16(3)4)5-6-17(11)12/h5-6,8-9H,7H2,1-4H3,(H,18,19). The van der Waals surface area contributed by atoms with Crippen LogP contribution in [0.15, 0.2) is 18.3 Å². The van der Waals surface area contributed by atoms with E-state index < -0.39 is 5.97 Å². The van der Waals surface area contributed by atoms with E-state index in [1.165, 1.54) is 0 Å². The highest BCUT2D eigenvalue weighted by Crippen LogP contribution is 2.21. The van der Waals surface area contributed by atoms with Crippen LogP contribution in [0.3, 0.4) is 0 Å². The van der Waals surface area contributed by atoms with Crippen molar-refractivity contribution in [2.75, 3.05) is 19.0 Å². The fraction of sp³-hybridized carbons (Fsp3) is 0.429. The molecule has 0 fully saturated rings. The average Bonchev–Trinajstić information content (AvgIpc) is 2.66. The molecule has 0 saturated heterocycles. The van der Waals surface area contributed by atoms with Gasteiger partial charge in [0.1, 0.15) is 5.82 Å². The van der Waals surface area contributed by atoms with E-state index in [1.54, 1.807) is 0 Å². The fourth-order valence-corrected chi connectivity index (χ4v) is 2.08. The number of carbonyl (C=O) groups is 1. The number of hydrogen-bond acceptors (Lipinski definition) is 3. The minimum Gasteiger partial charge on any atom is -0.476 e. The number of hydrogen-bond donors (Lipinski definition) is 1. The summed E-state index contributed by atoms with van der Waals surface area (Å²) in [5.74, 6) is 0.247. The van der Waals surface area contributed by atoms with Gasteiger partial charge in [0.2, 0.25) is 0 Å². The monoisotopic (exact) mass is 261 g/mol. The molecule has 0 atom stereocenters. The third kappa shape index (κ3) is 2.54. The summed E-state index contributed by atoms with van der Waals surface area (Å²) in [7, 11) is 3.86. The summed E-state index contributed by atoms with van der Waals surface area (Å²) in [6.07, 6.45) is 2.65. The number of aromatic nitrogens is 2. The molecule has 2 aromatic heterocycles. The van der Waals surface area contributed by atoms with Gasteiger partial charge >= 0.3 is 5.97 Å². The number of imidazole rings is 1. The van der Waals surface area contributed by atoms with Gasteiger partial charge in [-0.05, 0) is 18.1 Å². The highest BCUT2D eigenvalue weighted by Gasteiger charge is 2.17. The number of rotatable bonds is 4. The Labute approximate surface area is 112 Å². The molecule has 0 unspecified atom stereocenters. The van der Waals surface area contributed by atoms with Gasteiger partial charge < -0.3 is 14.4 Å². The molecule has 19 heavy (non-hydrogen) atoms. The van der Waals surface area contributed by atoms with Crippen LogP contribution in [0.25, 0.3) is 5.52 Å². The minimum absolute atomic E-state index is 0.124. The summed E-state index contributed by atoms with van der Waals surface area (Å²) in [6, 6.07) is 3.82. The van der Waals surface area contributed by atoms with Crippen molar-refractivity contribution in [3.05, 3.63) is 29.8 Å². The van der Waals surface area contributed by atoms with E-state index in [9.17, 15) is 9.90 Å². The molecular weight excluding hydrogens is 242 g/mol. The van der Waals surface area contributed by atoms with Gasteiger partial charge in [-0.1, -0.05) is 13.8 Å². The molecule has 102 valence electrons. The number of carboxylic acid groups (broad SMARTS) is 1. The molecule has 0 radical (unpaired) electrons. The maximum absolute atomic E-state index is 11.3. The first-order chi connectivity index (χ1) is 8.90. The Bertz CT molecular complexity index is 614. The Morgan fingerprint density at radius 2 is 2.16 bits per heavy atom. The maximum Gasteiger partial charge on any atom is 0.356 e. The Hall–Kier alpha value is -2.04. The molecule has 2 rings (SSSR count). The molecule has 1 N–H and O–H groups in total. The van der Waals surface area contributed by atoms with Crippen molar-refractivity contribution < 1.29 is 9.90 Å². The predicted molar refractivity (Wildman–Crippen MR) is 75.0 cm³/mol. The van der Waals surface area contributed by atoms with Crippen LogP contribution in [-0.2, 0) is 6.42 Å². The van der Waals surface area contributed by atoms with Crippen molar-refractivity contribution in [2.24, 2.45) is 5.92 Å². The van der Waals surface area contributed by atoms with E-state index in [0.717, 1.165) is 17.9 Å². The molecular formula is C14H19N3O2. The third-order valence-electron chi connectivity index (χ3n) is 3.01. The summed E-state index contributed by atoms with van der Waals surface area (Å²) >= 11 is 0. The molecule has 2 heterocycles. The molecule has 0 bridgehead atoms. The maximum atomic E-state index is 11.3. The van der Waals surface area contributed by atoms with E-state index in [1.807, 2.05) is 41.7 Å². The fourth-order valence-electron chi connectivity index (χ4n) is 2.08. The van der Waals surface area contributed by atoms with Crippen LogP contribution < -0.4 is 4.90 Å². The lowest BCUT2D eigenvalue weighted by molar-refractivity contribution is 0.0693. The minimum atomic E-state index is -0.983. The van der Waals surface area contributed by atoms with Gasteiger partial charge in [0.15, 0.2) is 5.69 Å². The smallest absolute Gasteiger partial charge is 0.356 e. The van der Waals surface area contributed by atoms with Gasteiger partial charge in [-0.2, -0.15) is 0 Å². The van der Waals surface area contributed by atoms with Crippen LogP contribution in [0.4, 0.5) is 5.69 Å². The van der Waals surface area contributed by atoms with Crippen LogP contribution in [0.1, 0.15) is 30.2 Å². The Balaban J connectivity index is 2.64. The third-order valence-corrected chi connectivity index (χ3v) is 3.01. The van der Waals surface area contributed by atoms with E-state index in [-0.39, 0.29) is 5.69 Å². The molecule has 5 nitrogen and oxygen atoms in total. The molecule has 0 amide bonds. The second-order valence-electron chi connectivity index (χ2n) is 5.31. The Morgan fingerprint density at radius 3 is 2.68 bits per heavy atom. The van der Waals surface area contributed by atoms with Crippen molar-refractivity contribution in [3.63, 3.8) is 0 Å². The summed E-state index contributed by atoms with van der Waals surface area (Å²) < 4.78 is 1.87. The van der Waals surface area contributed by atoms with E-state index in [2.05, 4.69) is 18.8 Å². The summed E-state index contributed by atoms with van der Waals surface area (Å²) in [6.45, 7) is 4.19. The summed E-state index contributed by atoms with van der Waals surface area (Å²) in [5.41, 5.74) is 1.74. The van der Waals surface area contributed by atoms with Crippen LogP contribution in [0.2, 0.25) is 0 Å². The van der Waals surface area contributed by atoms with Crippen molar-refractivity contribution in [2.45, 2.75) is 20.3 Å². The van der Waals surface area contributed by atoms with Gasteiger partial charge in [0.25, 0.3) is 0 Å². The zero-order chi connectivity index (χ0) is 14.2. The highest BCUT2D eigenvalue weighted by molar-refractivity contribution is 5.94. The average molecular weight is 261 g/mol. The molecule has 2 aromatic rings. The van der Waals surface area contributed by atoms with Crippen molar-refractivity contribution >= 4 is 17.2 Å². The number of anilines is 1. The van der Waals surface area contributed by atoms with E-state index >= 15 is 0 Å². The number of nitrogens with zero attached hydrogens (tertiary/aromatic N) is 3. The normalized spacial score (nSPS) is 11.2. The van der Waals surface area contributed by atoms with Crippen LogP contribution in [0, 0.1) is 5.92 Å². The predicted octanol–water partition coefficient (Wildman–Crippen LogP) is 2.30. The first kappa shape index (κ1) is 13.4. The first-order valence-electron chi connectivity index (χ1n) is 6.31. The van der Waals surface area contributed by atoms with Gasteiger partial charge in [-0.25, -0.2) is 9.78 Å². The molecule has 5 heteroatoms. The summed E-state index contributed by atoms with van der Waals surface area (Å²) in [5, 5.41) is 9.27. The topological polar surface area (TPSA) is 57.8 Å². The number of carboxylic acids is 1.